The third kappa shape index (κ3) is 2.40. The number of imide groups is 1. The highest BCUT2D eigenvalue weighted by molar-refractivity contribution is 6.39. The maximum absolute atomic E-state index is 13.7. The molecule has 6 nitrogen and oxygen atoms in total. The Bertz CT molecular complexity index is 1570. The molecule has 0 bridgehead atoms. The van der Waals surface area contributed by atoms with Crippen LogP contribution >= 0.6 is 0 Å². The van der Waals surface area contributed by atoms with Crippen LogP contribution in [0.15, 0.2) is 91.1 Å². The summed E-state index contributed by atoms with van der Waals surface area (Å²) in [6.07, 6.45) is 1.56. The number of rotatable bonds is 3. The molecule has 0 saturated carbocycles. The molecule has 3 aromatic carbocycles. The van der Waals surface area contributed by atoms with Crippen molar-refractivity contribution in [2.45, 2.75) is 0 Å². The molecule has 6 rings (SSSR count). The number of carbonyl (C=O) groups is 3. The second-order valence-corrected chi connectivity index (χ2v) is 7.54. The number of fused-ring (bicyclic) bond motifs is 5. The van der Waals surface area contributed by atoms with Gasteiger partial charge in [-0.25, -0.2) is 4.90 Å². The van der Waals surface area contributed by atoms with Gasteiger partial charge in [-0.05, 0) is 24.3 Å². The Kier molecular flexibility index (Phi) is 3.82. The molecule has 0 unspecified atom stereocenters. The predicted octanol–water partition coefficient (Wildman–Crippen LogP) is 4.52. The van der Waals surface area contributed by atoms with Crippen molar-refractivity contribution in [2.75, 3.05) is 4.90 Å². The van der Waals surface area contributed by atoms with Gasteiger partial charge in [0, 0.05) is 5.56 Å². The molecule has 1 aliphatic rings. The summed E-state index contributed by atoms with van der Waals surface area (Å²) < 4.78 is 1.69. The number of benzene rings is 3. The highest BCUT2D eigenvalue weighted by atomic mass is 16.2. The molecule has 0 N–H and O–H groups in total. The van der Waals surface area contributed by atoms with Crippen LogP contribution < -0.4 is 4.90 Å². The third-order valence-electron chi connectivity index (χ3n) is 5.76. The molecule has 3 heterocycles. The van der Waals surface area contributed by atoms with E-state index >= 15 is 0 Å². The van der Waals surface area contributed by atoms with Crippen molar-refractivity contribution in [1.29, 1.82) is 0 Å². The minimum atomic E-state index is -0.511. The van der Waals surface area contributed by atoms with E-state index in [9.17, 15) is 14.4 Å². The highest BCUT2D eigenvalue weighted by Gasteiger charge is 2.44. The first kappa shape index (κ1) is 18.2. The molecule has 2 amide bonds. The van der Waals surface area contributed by atoms with Gasteiger partial charge in [0.15, 0.2) is 0 Å². The van der Waals surface area contributed by atoms with Crippen molar-refractivity contribution in [3.05, 3.63) is 114 Å². The Morgan fingerprint density at radius 3 is 2.06 bits per heavy atom. The number of para-hydroxylation sites is 3. The van der Waals surface area contributed by atoms with Crippen LogP contribution in [0.25, 0.3) is 16.6 Å². The van der Waals surface area contributed by atoms with Crippen LogP contribution in [0.4, 0.5) is 5.69 Å². The molecular weight excluding hydrogens is 402 g/mol. The van der Waals surface area contributed by atoms with E-state index in [0.29, 0.717) is 27.8 Å². The first-order chi connectivity index (χ1) is 15.7. The van der Waals surface area contributed by atoms with E-state index in [0.717, 1.165) is 4.90 Å². The standard InChI is InChI=1S/C26H15N3O3/c30-24(16-9-3-1-4-10-16)23-22-21(20-15-27-18-13-7-8-14-19(18)29(20)23)25(31)28(26(22)32)17-11-5-2-6-12-17/h1-15H. The monoisotopic (exact) mass is 417 g/mol. The molecule has 0 radical (unpaired) electrons. The molecular formula is C26H15N3O3. The zero-order valence-corrected chi connectivity index (χ0v) is 16.7. The fourth-order valence-electron chi connectivity index (χ4n) is 4.35. The summed E-state index contributed by atoms with van der Waals surface area (Å²) in [5, 5.41) is 0. The molecule has 0 spiro atoms. The summed E-state index contributed by atoms with van der Waals surface area (Å²) in [5.74, 6) is -1.30. The van der Waals surface area contributed by atoms with E-state index in [-0.39, 0.29) is 22.6 Å². The van der Waals surface area contributed by atoms with Gasteiger partial charge < -0.3 is 4.40 Å². The smallest absolute Gasteiger partial charge is 0.268 e. The number of ketones is 1. The zero-order valence-electron chi connectivity index (χ0n) is 16.7. The maximum Gasteiger partial charge on any atom is 0.268 e. The molecule has 152 valence electrons. The molecule has 6 heteroatoms. The van der Waals surface area contributed by atoms with Crippen molar-refractivity contribution in [1.82, 2.24) is 9.38 Å². The summed E-state index contributed by atoms with van der Waals surface area (Å²) >= 11 is 0. The number of amides is 2. The van der Waals surface area contributed by atoms with Gasteiger partial charge >= 0.3 is 0 Å². The van der Waals surface area contributed by atoms with Crippen molar-refractivity contribution in [3.8, 4) is 0 Å². The van der Waals surface area contributed by atoms with Crippen molar-refractivity contribution in [3.63, 3.8) is 0 Å². The minimum Gasteiger partial charge on any atom is -0.302 e. The highest BCUT2D eigenvalue weighted by Crippen LogP contribution is 2.37. The van der Waals surface area contributed by atoms with Crippen molar-refractivity contribution >= 4 is 39.8 Å². The van der Waals surface area contributed by atoms with E-state index in [4.69, 9.17) is 0 Å². The van der Waals surface area contributed by atoms with Gasteiger partial charge in [0.1, 0.15) is 5.69 Å². The fraction of sp³-hybridized carbons (Fsp3) is 0. The van der Waals surface area contributed by atoms with Gasteiger partial charge in [-0.15, -0.1) is 0 Å². The van der Waals surface area contributed by atoms with Gasteiger partial charge in [-0.2, -0.15) is 0 Å². The molecule has 2 aromatic heterocycles. The van der Waals surface area contributed by atoms with Crippen LogP contribution in [-0.4, -0.2) is 27.0 Å². The normalized spacial score (nSPS) is 13.2. The maximum atomic E-state index is 13.7. The van der Waals surface area contributed by atoms with Gasteiger partial charge in [-0.3, -0.25) is 19.4 Å². The van der Waals surface area contributed by atoms with E-state index < -0.39 is 11.8 Å². The van der Waals surface area contributed by atoms with Crippen LogP contribution in [0.2, 0.25) is 0 Å². The quantitative estimate of drug-likeness (QED) is 0.320. The average molecular weight is 417 g/mol. The molecule has 1 aliphatic heterocycles. The second kappa shape index (κ2) is 6.72. The van der Waals surface area contributed by atoms with Crippen LogP contribution in [-0.2, 0) is 0 Å². The number of nitrogens with zero attached hydrogens (tertiary/aromatic N) is 3. The summed E-state index contributed by atoms with van der Waals surface area (Å²) in [6.45, 7) is 0. The van der Waals surface area contributed by atoms with Crippen LogP contribution in [0.5, 0.6) is 0 Å². The number of anilines is 1. The number of hydrogen-bond acceptors (Lipinski definition) is 4. The largest absolute Gasteiger partial charge is 0.302 e. The summed E-state index contributed by atoms with van der Waals surface area (Å²) in [5.41, 5.74) is 3.16. The average Bonchev–Trinajstić information content (AvgIpc) is 3.32. The Balaban J connectivity index is 1.71. The number of aromatic nitrogens is 2. The first-order valence-electron chi connectivity index (χ1n) is 10.1. The molecule has 0 atom stereocenters. The Morgan fingerprint density at radius 1 is 0.688 bits per heavy atom. The lowest BCUT2D eigenvalue weighted by Crippen LogP contribution is -2.30. The Morgan fingerprint density at radius 2 is 1.31 bits per heavy atom. The van der Waals surface area contributed by atoms with Crippen LogP contribution in [0.1, 0.15) is 36.8 Å². The predicted molar refractivity (Wildman–Crippen MR) is 120 cm³/mol. The molecule has 0 saturated heterocycles. The molecule has 32 heavy (non-hydrogen) atoms. The number of hydrogen-bond donors (Lipinski definition) is 0. The zero-order chi connectivity index (χ0) is 21.8. The van der Waals surface area contributed by atoms with Gasteiger partial charge in [0.25, 0.3) is 11.8 Å². The summed E-state index contributed by atoms with van der Waals surface area (Å²) in [6, 6.07) is 24.8. The van der Waals surface area contributed by atoms with Crippen LogP contribution in [0.3, 0.4) is 0 Å². The third-order valence-corrected chi connectivity index (χ3v) is 5.76. The van der Waals surface area contributed by atoms with Gasteiger partial charge in [0.2, 0.25) is 5.78 Å². The summed E-state index contributed by atoms with van der Waals surface area (Å²) in [7, 11) is 0. The summed E-state index contributed by atoms with van der Waals surface area (Å²) in [4.78, 5) is 46.4. The Labute approximate surface area is 182 Å². The Hall–Kier alpha value is -4.58. The molecule has 0 fully saturated rings. The fourth-order valence-corrected chi connectivity index (χ4v) is 4.35. The molecule has 5 aromatic rings. The van der Waals surface area contributed by atoms with Crippen molar-refractivity contribution in [2.24, 2.45) is 0 Å². The van der Waals surface area contributed by atoms with Crippen LogP contribution in [0, 0.1) is 0 Å². The van der Waals surface area contributed by atoms with E-state index in [1.54, 1.807) is 59.1 Å². The van der Waals surface area contributed by atoms with Gasteiger partial charge in [0.05, 0.1) is 39.6 Å². The first-order valence-corrected chi connectivity index (χ1v) is 10.1. The van der Waals surface area contributed by atoms with E-state index in [1.807, 2.05) is 36.4 Å². The van der Waals surface area contributed by atoms with Gasteiger partial charge in [-0.1, -0.05) is 60.7 Å². The van der Waals surface area contributed by atoms with E-state index in [1.165, 1.54) is 0 Å². The van der Waals surface area contributed by atoms with Crippen molar-refractivity contribution < 1.29 is 14.4 Å². The molecule has 0 aliphatic carbocycles. The SMILES string of the molecule is O=C(c1ccccc1)c1c2c(c3cnc4ccccc4n13)C(=O)N(c1ccccc1)C2=O. The number of carbonyl (C=O) groups excluding carboxylic acids is 3. The topological polar surface area (TPSA) is 71.8 Å². The lowest BCUT2D eigenvalue weighted by atomic mass is 10.0. The minimum absolute atomic E-state index is 0.117. The lowest BCUT2D eigenvalue weighted by Gasteiger charge is -2.16. The van der Waals surface area contributed by atoms with E-state index in [2.05, 4.69) is 4.98 Å². The second-order valence-electron chi connectivity index (χ2n) is 7.54. The lowest BCUT2D eigenvalue weighted by molar-refractivity contribution is 0.0919.